The Hall–Kier alpha value is -0.120. The van der Waals surface area contributed by atoms with Crippen LogP contribution in [-0.4, -0.2) is 61.7 Å². The Balaban J connectivity index is 1.66. The number of rotatable bonds is 4. The summed E-state index contributed by atoms with van der Waals surface area (Å²) in [6.45, 7) is 8.68. The molecule has 3 heteroatoms. The SMILES string of the molecule is CC(CNC1CCCN(C)C1)N1CCCCC1. The van der Waals surface area contributed by atoms with Crippen molar-refractivity contribution in [2.24, 2.45) is 0 Å². The Morgan fingerprint density at radius 3 is 2.59 bits per heavy atom. The highest BCUT2D eigenvalue weighted by Gasteiger charge is 2.20. The Bertz CT molecular complexity index is 214. The first-order chi connectivity index (χ1) is 8.25. The maximum atomic E-state index is 3.77. The van der Waals surface area contributed by atoms with E-state index < -0.39 is 0 Å². The Labute approximate surface area is 107 Å². The number of likely N-dealkylation sites (tertiary alicyclic amines) is 2. The van der Waals surface area contributed by atoms with E-state index in [1.165, 1.54) is 64.8 Å². The van der Waals surface area contributed by atoms with Gasteiger partial charge in [-0.15, -0.1) is 0 Å². The van der Waals surface area contributed by atoms with E-state index in [1.807, 2.05) is 0 Å². The highest BCUT2D eigenvalue weighted by atomic mass is 15.2. The number of piperidine rings is 2. The van der Waals surface area contributed by atoms with Crippen LogP contribution in [0.4, 0.5) is 0 Å². The second kappa shape index (κ2) is 6.72. The summed E-state index contributed by atoms with van der Waals surface area (Å²) in [6.07, 6.45) is 6.94. The molecule has 0 amide bonds. The van der Waals surface area contributed by atoms with Gasteiger partial charge in [-0.25, -0.2) is 0 Å². The molecule has 0 saturated carbocycles. The first-order valence-electron chi connectivity index (χ1n) is 7.41. The summed E-state index contributed by atoms with van der Waals surface area (Å²) in [5.74, 6) is 0. The maximum Gasteiger partial charge on any atom is 0.0196 e. The van der Waals surface area contributed by atoms with Gasteiger partial charge in [0.1, 0.15) is 0 Å². The van der Waals surface area contributed by atoms with Crippen LogP contribution in [-0.2, 0) is 0 Å². The number of nitrogens with one attached hydrogen (secondary N) is 1. The molecule has 0 aromatic carbocycles. The first-order valence-corrected chi connectivity index (χ1v) is 7.41. The fourth-order valence-electron chi connectivity index (χ4n) is 3.16. The minimum Gasteiger partial charge on any atom is -0.311 e. The fourth-order valence-corrected chi connectivity index (χ4v) is 3.16. The van der Waals surface area contributed by atoms with Crippen molar-refractivity contribution in [3.8, 4) is 0 Å². The third kappa shape index (κ3) is 4.23. The molecule has 2 unspecified atom stereocenters. The largest absolute Gasteiger partial charge is 0.311 e. The summed E-state index contributed by atoms with van der Waals surface area (Å²) in [4.78, 5) is 5.11. The van der Waals surface area contributed by atoms with E-state index in [2.05, 4.69) is 29.1 Å². The summed E-state index contributed by atoms with van der Waals surface area (Å²) < 4.78 is 0. The van der Waals surface area contributed by atoms with Crippen LogP contribution in [0.1, 0.15) is 39.0 Å². The minimum atomic E-state index is 0.711. The molecule has 17 heavy (non-hydrogen) atoms. The second-order valence-corrected chi connectivity index (χ2v) is 5.96. The molecule has 0 aromatic heterocycles. The number of nitrogens with zero attached hydrogens (tertiary/aromatic N) is 2. The highest BCUT2D eigenvalue weighted by molar-refractivity contribution is 4.80. The molecule has 3 nitrogen and oxygen atoms in total. The van der Waals surface area contributed by atoms with Crippen LogP contribution in [0.25, 0.3) is 0 Å². The van der Waals surface area contributed by atoms with Gasteiger partial charge in [-0.1, -0.05) is 6.42 Å². The van der Waals surface area contributed by atoms with Gasteiger partial charge in [0.15, 0.2) is 0 Å². The van der Waals surface area contributed by atoms with Gasteiger partial charge in [-0.05, 0) is 59.3 Å². The first kappa shape index (κ1) is 13.3. The van der Waals surface area contributed by atoms with Gasteiger partial charge in [-0.3, -0.25) is 4.90 Å². The van der Waals surface area contributed by atoms with Gasteiger partial charge >= 0.3 is 0 Å². The molecular formula is C14H29N3. The van der Waals surface area contributed by atoms with Gasteiger partial charge < -0.3 is 10.2 Å². The van der Waals surface area contributed by atoms with E-state index in [-0.39, 0.29) is 0 Å². The molecule has 2 rings (SSSR count). The van der Waals surface area contributed by atoms with Crippen LogP contribution in [0, 0.1) is 0 Å². The Kier molecular flexibility index (Phi) is 5.26. The molecule has 2 atom stereocenters. The van der Waals surface area contributed by atoms with E-state index in [9.17, 15) is 0 Å². The number of likely N-dealkylation sites (N-methyl/N-ethyl adjacent to an activating group) is 1. The monoisotopic (exact) mass is 239 g/mol. The quantitative estimate of drug-likeness (QED) is 0.803. The lowest BCUT2D eigenvalue weighted by molar-refractivity contribution is 0.158. The summed E-state index contributed by atoms with van der Waals surface area (Å²) in [7, 11) is 2.24. The predicted octanol–water partition coefficient (Wildman–Crippen LogP) is 1.54. The van der Waals surface area contributed by atoms with E-state index in [0.29, 0.717) is 6.04 Å². The molecule has 0 spiro atoms. The van der Waals surface area contributed by atoms with E-state index in [0.717, 1.165) is 6.04 Å². The van der Waals surface area contributed by atoms with Crippen molar-refractivity contribution in [3.63, 3.8) is 0 Å². The molecule has 2 aliphatic rings. The van der Waals surface area contributed by atoms with Crippen LogP contribution in [0.5, 0.6) is 0 Å². The number of hydrogen-bond acceptors (Lipinski definition) is 3. The van der Waals surface area contributed by atoms with Gasteiger partial charge in [0.2, 0.25) is 0 Å². The van der Waals surface area contributed by atoms with Gasteiger partial charge in [0, 0.05) is 25.2 Å². The third-order valence-electron chi connectivity index (χ3n) is 4.34. The topological polar surface area (TPSA) is 18.5 Å². The predicted molar refractivity (Wildman–Crippen MR) is 73.4 cm³/mol. The lowest BCUT2D eigenvalue weighted by Gasteiger charge is -2.35. The zero-order chi connectivity index (χ0) is 12.1. The van der Waals surface area contributed by atoms with Gasteiger partial charge in [0.05, 0.1) is 0 Å². The van der Waals surface area contributed by atoms with Crippen LogP contribution in [0.3, 0.4) is 0 Å². The lowest BCUT2D eigenvalue weighted by atomic mass is 10.1. The molecule has 2 fully saturated rings. The fraction of sp³-hybridized carbons (Fsp3) is 1.00. The molecule has 0 bridgehead atoms. The van der Waals surface area contributed by atoms with Crippen molar-refractivity contribution in [3.05, 3.63) is 0 Å². The van der Waals surface area contributed by atoms with E-state index in [4.69, 9.17) is 0 Å². The van der Waals surface area contributed by atoms with Crippen LogP contribution < -0.4 is 5.32 Å². The van der Waals surface area contributed by atoms with Crippen molar-refractivity contribution in [1.29, 1.82) is 0 Å². The molecule has 0 aliphatic carbocycles. The summed E-state index contributed by atoms with van der Waals surface area (Å²) in [5.41, 5.74) is 0. The molecule has 2 saturated heterocycles. The average Bonchev–Trinajstić information content (AvgIpc) is 2.37. The second-order valence-electron chi connectivity index (χ2n) is 5.96. The molecule has 2 aliphatic heterocycles. The van der Waals surface area contributed by atoms with E-state index in [1.54, 1.807) is 0 Å². The zero-order valence-electron chi connectivity index (χ0n) is 11.6. The van der Waals surface area contributed by atoms with Crippen LogP contribution in [0.2, 0.25) is 0 Å². The molecule has 0 aromatic rings. The van der Waals surface area contributed by atoms with Crippen LogP contribution in [0.15, 0.2) is 0 Å². The van der Waals surface area contributed by atoms with Crippen molar-refractivity contribution < 1.29 is 0 Å². The molecule has 1 N–H and O–H groups in total. The maximum absolute atomic E-state index is 3.77. The van der Waals surface area contributed by atoms with Crippen molar-refractivity contribution >= 4 is 0 Å². The van der Waals surface area contributed by atoms with Gasteiger partial charge in [-0.2, -0.15) is 0 Å². The van der Waals surface area contributed by atoms with Gasteiger partial charge in [0.25, 0.3) is 0 Å². The average molecular weight is 239 g/mol. The zero-order valence-corrected chi connectivity index (χ0v) is 11.6. The normalized spacial score (nSPS) is 30.4. The Morgan fingerprint density at radius 2 is 1.88 bits per heavy atom. The Morgan fingerprint density at radius 1 is 1.12 bits per heavy atom. The summed E-state index contributed by atoms with van der Waals surface area (Å²) in [6, 6.07) is 1.43. The van der Waals surface area contributed by atoms with Crippen molar-refractivity contribution in [2.75, 3.05) is 39.8 Å². The summed E-state index contributed by atoms with van der Waals surface area (Å²) in [5, 5.41) is 3.77. The van der Waals surface area contributed by atoms with Crippen molar-refractivity contribution in [2.45, 2.75) is 51.1 Å². The number of hydrogen-bond donors (Lipinski definition) is 1. The van der Waals surface area contributed by atoms with E-state index >= 15 is 0 Å². The smallest absolute Gasteiger partial charge is 0.0196 e. The highest BCUT2D eigenvalue weighted by Crippen LogP contribution is 2.12. The minimum absolute atomic E-state index is 0.711. The molecule has 2 heterocycles. The molecule has 100 valence electrons. The van der Waals surface area contributed by atoms with Crippen molar-refractivity contribution in [1.82, 2.24) is 15.1 Å². The third-order valence-corrected chi connectivity index (χ3v) is 4.34. The molecular weight excluding hydrogens is 210 g/mol. The van der Waals surface area contributed by atoms with Crippen LogP contribution >= 0.6 is 0 Å². The lowest BCUT2D eigenvalue weighted by Crippen LogP contribution is -2.49. The standard InChI is InChI=1S/C14H29N3/c1-13(17-9-4-3-5-10-17)11-15-14-7-6-8-16(2)12-14/h13-15H,3-12H2,1-2H3. The summed E-state index contributed by atoms with van der Waals surface area (Å²) >= 11 is 0. The molecule has 0 radical (unpaired) electrons.